The number of rotatable bonds is 4. The number of benzene rings is 2. The topological polar surface area (TPSA) is 71.0 Å². The maximum Gasteiger partial charge on any atom is 0.228 e. The molecule has 160 valence electrons. The number of aromatic nitrogens is 3. The molecule has 6 nitrogen and oxygen atoms in total. The largest absolute Gasteiger partial charge is 0.356 e. The van der Waals surface area contributed by atoms with Crippen LogP contribution in [0, 0.1) is 12.8 Å². The van der Waals surface area contributed by atoms with Crippen molar-refractivity contribution < 1.29 is 4.79 Å². The van der Waals surface area contributed by atoms with Gasteiger partial charge in [0.1, 0.15) is 11.6 Å². The number of pyridine rings is 1. The van der Waals surface area contributed by atoms with Crippen molar-refractivity contribution in [1.82, 2.24) is 15.0 Å². The average molecular weight is 424 g/mol. The molecule has 1 saturated heterocycles. The minimum Gasteiger partial charge on any atom is -0.356 e. The third kappa shape index (κ3) is 4.04. The summed E-state index contributed by atoms with van der Waals surface area (Å²) in [6.45, 7) is 3.50. The van der Waals surface area contributed by atoms with Crippen LogP contribution in [0.15, 0.2) is 72.9 Å². The zero-order valence-corrected chi connectivity index (χ0v) is 18.0. The van der Waals surface area contributed by atoms with Crippen molar-refractivity contribution in [3.63, 3.8) is 0 Å². The Labute approximate surface area is 187 Å². The number of hydrogen-bond donors (Lipinski definition) is 1. The molecule has 0 aliphatic carbocycles. The first kappa shape index (κ1) is 20.1. The lowest BCUT2D eigenvalue weighted by molar-refractivity contribution is -0.120. The minimum atomic E-state index is -0.0330. The number of anilines is 2. The van der Waals surface area contributed by atoms with E-state index in [0.29, 0.717) is 5.82 Å². The standard InChI is InChI=1S/C26H25N5O/c1-18-8-7-15-27-23(18)30-26(32)20-13-16-31(17-14-20)25-21-11-5-6-12-22(21)28-24(29-25)19-9-3-2-4-10-19/h2-12,15,20H,13-14,16-17H2,1H3,(H,27,30,32). The molecule has 0 bridgehead atoms. The number of aryl methyl sites for hydroxylation is 1. The number of nitrogens with zero attached hydrogens (tertiary/aromatic N) is 4. The molecule has 0 radical (unpaired) electrons. The van der Waals surface area contributed by atoms with Gasteiger partial charge in [-0.15, -0.1) is 0 Å². The Hall–Kier alpha value is -3.80. The van der Waals surface area contributed by atoms with E-state index in [9.17, 15) is 4.79 Å². The van der Waals surface area contributed by atoms with Crippen molar-refractivity contribution in [2.24, 2.45) is 5.92 Å². The molecule has 2 aromatic heterocycles. The van der Waals surface area contributed by atoms with Gasteiger partial charge in [-0.2, -0.15) is 0 Å². The van der Waals surface area contributed by atoms with Crippen LogP contribution in [0.3, 0.4) is 0 Å². The molecular weight excluding hydrogens is 398 g/mol. The fraction of sp³-hybridized carbons (Fsp3) is 0.231. The fourth-order valence-electron chi connectivity index (χ4n) is 4.21. The van der Waals surface area contributed by atoms with E-state index in [1.54, 1.807) is 6.20 Å². The predicted octanol–water partition coefficient (Wildman–Crippen LogP) is 4.86. The van der Waals surface area contributed by atoms with Crippen LogP contribution in [0.2, 0.25) is 0 Å². The lowest BCUT2D eigenvalue weighted by Gasteiger charge is -2.33. The van der Waals surface area contributed by atoms with Gasteiger partial charge in [-0.3, -0.25) is 4.79 Å². The first-order valence-electron chi connectivity index (χ1n) is 11.0. The zero-order chi connectivity index (χ0) is 21.9. The average Bonchev–Trinajstić information content (AvgIpc) is 2.85. The number of amides is 1. The second kappa shape index (κ2) is 8.75. The van der Waals surface area contributed by atoms with E-state index >= 15 is 0 Å². The number of piperidine rings is 1. The Bertz CT molecular complexity index is 1250. The van der Waals surface area contributed by atoms with Crippen LogP contribution in [-0.2, 0) is 4.79 Å². The lowest BCUT2D eigenvalue weighted by Crippen LogP contribution is -2.39. The summed E-state index contributed by atoms with van der Waals surface area (Å²) in [6, 6.07) is 22.0. The van der Waals surface area contributed by atoms with Gasteiger partial charge in [0.15, 0.2) is 5.82 Å². The highest BCUT2D eigenvalue weighted by Gasteiger charge is 2.27. The maximum atomic E-state index is 12.8. The molecule has 5 rings (SSSR count). The van der Waals surface area contributed by atoms with Gasteiger partial charge < -0.3 is 10.2 Å². The first-order chi connectivity index (χ1) is 15.7. The molecule has 1 amide bonds. The third-order valence-corrected chi connectivity index (χ3v) is 6.03. The van der Waals surface area contributed by atoms with Crippen molar-refractivity contribution in [3.05, 3.63) is 78.5 Å². The third-order valence-electron chi connectivity index (χ3n) is 6.03. The van der Waals surface area contributed by atoms with Gasteiger partial charge in [-0.25, -0.2) is 15.0 Å². The highest BCUT2D eigenvalue weighted by atomic mass is 16.1. The SMILES string of the molecule is Cc1cccnc1NC(=O)C1CCN(c2nc(-c3ccccc3)nc3ccccc23)CC1. The van der Waals surface area contributed by atoms with Gasteiger partial charge >= 0.3 is 0 Å². The van der Waals surface area contributed by atoms with E-state index in [4.69, 9.17) is 9.97 Å². The van der Waals surface area contributed by atoms with E-state index < -0.39 is 0 Å². The molecular formula is C26H25N5O. The molecule has 3 heterocycles. The molecule has 0 spiro atoms. The van der Waals surface area contributed by atoms with Gasteiger partial charge in [0.05, 0.1) is 5.52 Å². The number of nitrogens with one attached hydrogen (secondary N) is 1. The number of fused-ring (bicyclic) bond motifs is 1. The van der Waals surface area contributed by atoms with Crippen LogP contribution in [0.5, 0.6) is 0 Å². The summed E-state index contributed by atoms with van der Waals surface area (Å²) >= 11 is 0. The number of hydrogen-bond acceptors (Lipinski definition) is 5. The van der Waals surface area contributed by atoms with E-state index in [1.165, 1.54) is 0 Å². The van der Waals surface area contributed by atoms with Crippen LogP contribution in [0.1, 0.15) is 18.4 Å². The van der Waals surface area contributed by atoms with E-state index in [-0.39, 0.29) is 11.8 Å². The van der Waals surface area contributed by atoms with Crippen LogP contribution < -0.4 is 10.2 Å². The van der Waals surface area contributed by atoms with E-state index in [0.717, 1.165) is 59.6 Å². The number of para-hydroxylation sites is 1. The molecule has 32 heavy (non-hydrogen) atoms. The van der Waals surface area contributed by atoms with E-state index in [1.807, 2.05) is 67.6 Å². The van der Waals surface area contributed by atoms with Crippen molar-refractivity contribution >= 4 is 28.4 Å². The van der Waals surface area contributed by atoms with E-state index in [2.05, 4.69) is 21.3 Å². The van der Waals surface area contributed by atoms with Crippen molar-refractivity contribution in [1.29, 1.82) is 0 Å². The second-order valence-corrected chi connectivity index (χ2v) is 8.17. The molecule has 0 saturated carbocycles. The highest BCUT2D eigenvalue weighted by molar-refractivity contribution is 5.93. The normalized spacial score (nSPS) is 14.5. The summed E-state index contributed by atoms with van der Waals surface area (Å²) in [5.41, 5.74) is 2.90. The summed E-state index contributed by atoms with van der Waals surface area (Å²) in [5, 5.41) is 4.04. The number of carbonyl (C=O) groups excluding carboxylic acids is 1. The summed E-state index contributed by atoms with van der Waals surface area (Å²) in [5.74, 6) is 2.33. The second-order valence-electron chi connectivity index (χ2n) is 8.17. The molecule has 1 aliphatic heterocycles. The molecule has 1 fully saturated rings. The quantitative estimate of drug-likeness (QED) is 0.508. The molecule has 0 atom stereocenters. The molecule has 6 heteroatoms. The molecule has 2 aromatic carbocycles. The first-order valence-corrected chi connectivity index (χ1v) is 11.0. The van der Waals surface area contributed by atoms with Gasteiger partial charge in [0.25, 0.3) is 0 Å². The molecule has 1 aliphatic rings. The Balaban J connectivity index is 1.37. The van der Waals surface area contributed by atoms with Gasteiger partial charge in [0, 0.05) is 36.2 Å². The summed E-state index contributed by atoms with van der Waals surface area (Å²) < 4.78 is 0. The minimum absolute atomic E-state index is 0.0330. The smallest absolute Gasteiger partial charge is 0.228 e. The Morgan fingerprint density at radius 3 is 2.47 bits per heavy atom. The summed E-state index contributed by atoms with van der Waals surface area (Å²) in [6.07, 6.45) is 3.25. The maximum absolute atomic E-state index is 12.8. The van der Waals surface area contributed by atoms with Crippen LogP contribution in [-0.4, -0.2) is 33.9 Å². The Morgan fingerprint density at radius 1 is 0.938 bits per heavy atom. The van der Waals surface area contributed by atoms with Crippen LogP contribution >= 0.6 is 0 Å². The number of carbonyl (C=O) groups is 1. The van der Waals surface area contributed by atoms with Crippen LogP contribution in [0.4, 0.5) is 11.6 Å². The van der Waals surface area contributed by atoms with Crippen molar-refractivity contribution in [2.75, 3.05) is 23.3 Å². The molecule has 0 unspecified atom stereocenters. The summed E-state index contributed by atoms with van der Waals surface area (Å²) in [7, 11) is 0. The zero-order valence-electron chi connectivity index (χ0n) is 18.0. The molecule has 4 aromatic rings. The Morgan fingerprint density at radius 2 is 1.69 bits per heavy atom. The van der Waals surface area contributed by atoms with Gasteiger partial charge in [-0.1, -0.05) is 48.5 Å². The van der Waals surface area contributed by atoms with Crippen molar-refractivity contribution in [3.8, 4) is 11.4 Å². The van der Waals surface area contributed by atoms with Gasteiger partial charge in [-0.05, 0) is 43.5 Å². The summed E-state index contributed by atoms with van der Waals surface area (Å²) in [4.78, 5) is 29.1. The van der Waals surface area contributed by atoms with Gasteiger partial charge in [0.2, 0.25) is 5.91 Å². The lowest BCUT2D eigenvalue weighted by atomic mass is 9.95. The van der Waals surface area contributed by atoms with Crippen LogP contribution in [0.25, 0.3) is 22.3 Å². The highest BCUT2D eigenvalue weighted by Crippen LogP contribution is 2.31. The Kier molecular flexibility index (Phi) is 5.50. The predicted molar refractivity (Wildman–Crippen MR) is 128 cm³/mol. The molecule has 1 N–H and O–H groups in total. The van der Waals surface area contributed by atoms with Crippen molar-refractivity contribution in [2.45, 2.75) is 19.8 Å². The fourth-order valence-corrected chi connectivity index (χ4v) is 4.21. The monoisotopic (exact) mass is 423 g/mol.